The zero-order valence-corrected chi connectivity index (χ0v) is 35.9. The molecule has 4 aromatic carbocycles. The smallest absolute Gasteiger partial charge is 1.00 e. The van der Waals surface area contributed by atoms with Gasteiger partial charge in [-0.15, -0.1) is 0 Å². The fourth-order valence-electron chi connectivity index (χ4n) is 8.89. The minimum Gasteiger partial charge on any atom is -1.00 e. The normalized spacial score (nSPS) is 16.9. The Bertz CT molecular complexity index is 2450. The Morgan fingerprint density at radius 2 is 1.04 bits per heavy atom. The van der Waals surface area contributed by atoms with Crippen LogP contribution in [-0.4, -0.2) is 3.21 Å². The molecule has 54 heavy (non-hydrogen) atoms. The third-order valence-electron chi connectivity index (χ3n) is 11.6. The predicted molar refractivity (Wildman–Crippen MR) is 214 cm³/mol. The standard InChI is InChI=1S/C24H23O.C21H17O.C4H6.2ClH.Zr/c1-16-10-11-18-14-19(21-12-13-22(25-21)24(2,3)4)15-20(18)23(16)17-8-6-5-7-9-17;1-14-8-10-17-12-18(20-11-9-15(2)22-20)13-19(17)21(14)16-6-4-3-5-7-16;1-2-4-3-1;;;/h5-15H,1-4H3;3-13H,1-2H3;1-3H2;2*1H;/q;;;;;+2/p-2. The molecule has 0 spiro atoms. The van der Waals surface area contributed by atoms with Gasteiger partial charge in [0.05, 0.1) is 0 Å². The number of allylic oxidation sites excluding steroid dienone is 2. The molecule has 0 N–H and O–H groups in total. The molecule has 0 bridgehead atoms. The van der Waals surface area contributed by atoms with Gasteiger partial charge in [0.1, 0.15) is 0 Å². The van der Waals surface area contributed by atoms with Crippen LogP contribution in [0.3, 0.4) is 0 Å². The fraction of sp³-hybridized carbons (Fsp3) is 0.245. The molecule has 1 saturated carbocycles. The van der Waals surface area contributed by atoms with E-state index in [2.05, 4.69) is 163 Å². The van der Waals surface area contributed by atoms with Crippen LogP contribution >= 0.6 is 0 Å². The van der Waals surface area contributed by atoms with E-state index in [1.54, 1.807) is 0 Å². The van der Waals surface area contributed by atoms with E-state index in [0.29, 0.717) is 7.25 Å². The van der Waals surface area contributed by atoms with Crippen LogP contribution in [0.2, 0.25) is 0 Å². The monoisotopic (exact) mass is 826 g/mol. The van der Waals surface area contributed by atoms with Crippen LogP contribution in [0.5, 0.6) is 0 Å². The summed E-state index contributed by atoms with van der Waals surface area (Å²) in [5.74, 6) is 4.07. The molecular weight excluding hydrogens is 783 g/mol. The van der Waals surface area contributed by atoms with Crippen molar-refractivity contribution in [2.45, 2.75) is 73.5 Å². The van der Waals surface area contributed by atoms with E-state index < -0.39 is 21.3 Å². The Hall–Kier alpha value is -3.75. The van der Waals surface area contributed by atoms with Crippen LogP contribution in [0.1, 0.15) is 104 Å². The molecule has 2 aromatic heterocycles. The maximum absolute atomic E-state index is 6.91. The van der Waals surface area contributed by atoms with Crippen molar-refractivity contribution in [1.82, 2.24) is 0 Å². The van der Waals surface area contributed by atoms with Gasteiger partial charge in [-0.25, -0.2) is 0 Å². The van der Waals surface area contributed by atoms with Gasteiger partial charge in [-0.2, -0.15) is 0 Å². The van der Waals surface area contributed by atoms with Gasteiger partial charge in [0.25, 0.3) is 0 Å². The van der Waals surface area contributed by atoms with Gasteiger partial charge in [0.2, 0.25) is 0 Å². The fourth-order valence-corrected chi connectivity index (χ4v) is 19.6. The Morgan fingerprint density at radius 1 is 0.556 bits per heavy atom. The van der Waals surface area contributed by atoms with Crippen LogP contribution < -0.4 is 24.8 Å². The summed E-state index contributed by atoms with van der Waals surface area (Å²) < 4.78 is 16.0. The number of furan rings is 2. The van der Waals surface area contributed by atoms with Crippen molar-refractivity contribution in [2.75, 3.05) is 0 Å². The van der Waals surface area contributed by atoms with Crippen LogP contribution in [0.25, 0.3) is 45.6 Å². The molecule has 0 amide bonds. The summed E-state index contributed by atoms with van der Waals surface area (Å²) in [5, 5.41) is 0. The third-order valence-corrected chi connectivity index (χ3v) is 20.9. The summed E-state index contributed by atoms with van der Waals surface area (Å²) in [6.07, 6.45) is 8.82. The van der Waals surface area contributed by atoms with Gasteiger partial charge in [-0.05, 0) is 0 Å². The molecule has 2 unspecified atom stereocenters. The summed E-state index contributed by atoms with van der Waals surface area (Å²) in [4.78, 5) is 0. The first-order valence-electron chi connectivity index (χ1n) is 18.9. The Balaban J connectivity index is 0.00000225. The molecule has 3 aliphatic carbocycles. The second-order valence-electron chi connectivity index (χ2n) is 16.1. The van der Waals surface area contributed by atoms with E-state index >= 15 is 0 Å². The molecule has 3 aliphatic rings. The summed E-state index contributed by atoms with van der Waals surface area (Å²) in [5.41, 5.74) is 16.3. The minimum absolute atomic E-state index is 0. The second-order valence-corrected chi connectivity index (χ2v) is 22.9. The van der Waals surface area contributed by atoms with Crippen molar-refractivity contribution < 1.29 is 54.9 Å². The summed E-state index contributed by atoms with van der Waals surface area (Å²) in [6.45, 7) is 13.4. The summed E-state index contributed by atoms with van der Waals surface area (Å²) in [7, 11) is 0. The molecule has 9 rings (SSSR count). The molecule has 2 nitrogen and oxygen atoms in total. The number of fused-ring (bicyclic) bond motifs is 2. The first-order valence-corrected chi connectivity index (χ1v) is 22.9. The maximum atomic E-state index is 6.91. The number of benzene rings is 4. The molecule has 6 aromatic rings. The van der Waals surface area contributed by atoms with Gasteiger partial charge in [0.15, 0.2) is 0 Å². The quantitative estimate of drug-likeness (QED) is 0.176. The molecule has 0 radical (unpaired) electrons. The van der Waals surface area contributed by atoms with E-state index in [1.165, 1.54) is 86.0 Å². The molecule has 2 heterocycles. The SMILES string of the molecule is Cc1ccc(C2=Cc3c(ccc(C)c3-c3ccccc3)[CH]2[Zr+2](=[C]2CCC2)[CH]2C(c3ccc(C(C)(C)C)o3)=Cc3c2ccc(C)c3-c2ccccc2)o1.[Cl-].[Cl-]. The first kappa shape index (κ1) is 38.5. The molecule has 0 saturated heterocycles. The average Bonchev–Trinajstić information content (AvgIpc) is 3.92. The molecule has 2 atom stereocenters. The van der Waals surface area contributed by atoms with Crippen molar-refractivity contribution in [2.24, 2.45) is 0 Å². The van der Waals surface area contributed by atoms with Gasteiger partial charge in [-0.1, -0.05) is 0 Å². The maximum Gasteiger partial charge on any atom is -1.00 e. The van der Waals surface area contributed by atoms with Crippen molar-refractivity contribution in [1.29, 1.82) is 0 Å². The number of hydrogen-bond acceptors (Lipinski definition) is 2. The number of hydrogen-bond donors (Lipinski definition) is 0. The Labute approximate surface area is 340 Å². The van der Waals surface area contributed by atoms with Crippen LogP contribution in [0.4, 0.5) is 0 Å². The van der Waals surface area contributed by atoms with Crippen LogP contribution in [0.15, 0.2) is 118 Å². The molecular formula is C49H46Cl2O2Zr. The van der Waals surface area contributed by atoms with Crippen LogP contribution in [-0.2, 0) is 26.7 Å². The predicted octanol–water partition coefficient (Wildman–Crippen LogP) is 7.30. The van der Waals surface area contributed by atoms with Crippen LogP contribution in [0, 0.1) is 20.8 Å². The summed E-state index contributed by atoms with van der Waals surface area (Å²) in [6, 6.07) is 40.5. The number of aryl methyl sites for hydroxylation is 3. The van der Waals surface area contributed by atoms with Crippen molar-refractivity contribution in [3.05, 3.63) is 166 Å². The van der Waals surface area contributed by atoms with Crippen molar-refractivity contribution in [3.63, 3.8) is 0 Å². The van der Waals surface area contributed by atoms with Crippen molar-refractivity contribution in [3.8, 4) is 22.3 Å². The largest absolute Gasteiger partial charge is 1.00 e. The first-order chi connectivity index (χ1) is 25.2. The average molecular weight is 829 g/mol. The minimum atomic E-state index is -2.78. The topological polar surface area (TPSA) is 26.3 Å². The molecule has 0 aliphatic heterocycles. The zero-order valence-electron chi connectivity index (χ0n) is 31.9. The van der Waals surface area contributed by atoms with E-state index in [1.807, 2.05) is 3.21 Å². The van der Waals surface area contributed by atoms with E-state index in [4.69, 9.17) is 8.83 Å². The van der Waals surface area contributed by atoms with E-state index in [9.17, 15) is 0 Å². The van der Waals surface area contributed by atoms with Gasteiger partial charge >= 0.3 is 318 Å². The van der Waals surface area contributed by atoms with E-state index in [-0.39, 0.29) is 30.2 Å². The zero-order chi connectivity index (χ0) is 35.7. The van der Waals surface area contributed by atoms with E-state index in [0.717, 1.165) is 23.0 Å². The molecule has 1 fully saturated rings. The van der Waals surface area contributed by atoms with Gasteiger partial charge in [-0.3, -0.25) is 0 Å². The van der Waals surface area contributed by atoms with Gasteiger partial charge < -0.3 is 24.8 Å². The molecule has 5 heteroatoms. The second kappa shape index (κ2) is 15.1. The van der Waals surface area contributed by atoms with Crippen molar-refractivity contribution >= 4 is 26.5 Å². The Kier molecular flexibility index (Phi) is 10.7. The molecule has 272 valence electrons. The Morgan fingerprint density at radius 3 is 1.44 bits per heavy atom. The number of rotatable bonds is 6. The van der Waals surface area contributed by atoms with Gasteiger partial charge in [0, 0.05) is 0 Å². The third kappa shape index (κ3) is 6.55. The summed E-state index contributed by atoms with van der Waals surface area (Å²) >= 11 is -2.78. The number of halogens is 2.